The minimum Gasteiger partial charge on any atom is -0.463 e. The minimum atomic E-state index is -0.183. The number of nitrogens with zero attached hydrogens (tertiary/aromatic N) is 1. The second-order valence-corrected chi connectivity index (χ2v) is 4.78. The zero-order chi connectivity index (χ0) is 14.9. The lowest BCUT2D eigenvalue weighted by molar-refractivity contribution is -0.120. The Morgan fingerprint density at radius 1 is 1.29 bits per heavy atom. The van der Waals surface area contributed by atoms with Crippen LogP contribution in [0.15, 0.2) is 58.2 Å². The Morgan fingerprint density at radius 2 is 2.10 bits per heavy atom. The molecule has 21 heavy (non-hydrogen) atoms. The summed E-state index contributed by atoms with van der Waals surface area (Å²) >= 11 is 0. The summed E-state index contributed by atoms with van der Waals surface area (Å²) in [6.45, 7) is 2.27. The van der Waals surface area contributed by atoms with Gasteiger partial charge in [0.25, 0.3) is 5.91 Å². The summed E-state index contributed by atoms with van der Waals surface area (Å²) in [6, 6.07) is 13.9. The molecule has 0 bridgehead atoms. The highest BCUT2D eigenvalue weighted by atomic mass is 16.3. The van der Waals surface area contributed by atoms with Crippen LogP contribution in [0.4, 0.5) is 0 Å². The number of rotatable bonds is 7. The Morgan fingerprint density at radius 3 is 2.81 bits per heavy atom. The van der Waals surface area contributed by atoms with Gasteiger partial charge in [-0.15, -0.1) is 0 Å². The van der Waals surface area contributed by atoms with E-state index in [1.165, 1.54) is 11.8 Å². The number of amides is 1. The van der Waals surface area contributed by atoms with Gasteiger partial charge in [0.05, 0.1) is 19.0 Å². The van der Waals surface area contributed by atoms with Crippen LogP contribution in [0, 0.1) is 0 Å². The number of furan rings is 1. The van der Waals surface area contributed by atoms with Gasteiger partial charge in [0.2, 0.25) is 0 Å². The van der Waals surface area contributed by atoms with Crippen molar-refractivity contribution < 1.29 is 9.21 Å². The maximum Gasteiger partial charge on any atom is 0.254 e. The van der Waals surface area contributed by atoms with E-state index >= 15 is 0 Å². The summed E-state index contributed by atoms with van der Waals surface area (Å²) in [4.78, 5) is 11.6. The van der Waals surface area contributed by atoms with Crippen LogP contribution in [0.2, 0.25) is 0 Å². The molecule has 1 heterocycles. The van der Waals surface area contributed by atoms with E-state index in [9.17, 15) is 4.79 Å². The van der Waals surface area contributed by atoms with E-state index in [2.05, 4.69) is 28.0 Å². The fourth-order valence-electron chi connectivity index (χ4n) is 1.88. The number of carbonyl (C=O) groups excluding carboxylic acids is 1. The normalized spacial score (nSPS) is 12.4. The molecule has 2 rings (SSSR count). The third kappa shape index (κ3) is 5.62. The Balaban J connectivity index is 1.66. The van der Waals surface area contributed by atoms with Gasteiger partial charge < -0.3 is 9.73 Å². The van der Waals surface area contributed by atoms with Crippen molar-refractivity contribution in [1.82, 2.24) is 10.7 Å². The van der Waals surface area contributed by atoms with E-state index in [1.54, 1.807) is 18.4 Å². The fraction of sp³-hybridized carbons (Fsp3) is 0.250. The molecule has 0 spiro atoms. The van der Waals surface area contributed by atoms with Gasteiger partial charge in [-0.2, -0.15) is 5.10 Å². The molecule has 2 aromatic rings. The minimum absolute atomic E-state index is 0.183. The molecule has 5 heteroatoms. The molecule has 0 aliphatic carbocycles. The maximum atomic E-state index is 11.6. The van der Waals surface area contributed by atoms with Gasteiger partial charge in [0.1, 0.15) is 5.76 Å². The molecule has 0 saturated heterocycles. The van der Waals surface area contributed by atoms with Crippen molar-refractivity contribution in [1.29, 1.82) is 0 Å². The fourth-order valence-corrected chi connectivity index (χ4v) is 1.88. The van der Waals surface area contributed by atoms with Crippen molar-refractivity contribution in [2.24, 2.45) is 5.10 Å². The summed E-state index contributed by atoms with van der Waals surface area (Å²) in [5.41, 5.74) is 3.69. The number of nitrogens with one attached hydrogen (secondary N) is 2. The van der Waals surface area contributed by atoms with E-state index in [4.69, 9.17) is 4.42 Å². The third-order valence-electron chi connectivity index (χ3n) is 2.92. The zero-order valence-electron chi connectivity index (χ0n) is 12.0. The standard InChI is InChI=1S/C16H19N3O2/c1-13(10-14-6-3-2-4-7-14)17-12-16(20)19-18-11-15-8-5-9-21-15/h2-9,11,13,17H,10,12H2,1H3,(H,19,20)/b18-11+. The summed E-state index contributed by atoms with van der Waals surface area (Å²) in [5.74, 6) is 0.415. The monoisotopic (exact) mass is 285 g/mol. The predicted octanol–water partition coefficient (Wildman–Crippen LogP) is 1.95. The first kappa shape index (κ1) is 15.0. The van der Waals surface area contributed by atoms with E-state index in [-0.39, 0.29) is 18.5 Å². The van der Waals surface area contributed by atoms with Crippen LogP contribution in [0.25, 0.3) is 0 Å². The number of benzene rings is 1. The molecule has 1 aromatic heterocycles. The van der Waals surface area contributed by atoms with E-state index in [0.717, 1.165) is 6.42 Å². The SMILES string of the molecule is CC(Cc1ccccc1)NCC(=O)N/N=C/c1ccco1. The highest BCUT2D eigenvalue weighted by Gasteiger charge is 2.05. The Bertz CT molecular complexity index is 564. The van der Waals surface area contributed by atoms with Crippen molar-refractivity contribution in [3.8, 4) is 0 Å². The van der Waals surface area contributed by atoms with Gasteiger partial charge in [0.15, 0.2) is 0 Å². The summed E-state index contributed by atoms with van der Waals surface area (Å²) < 4.78 is 5.06. The predicted molar refractivity (Wildman–Crippen MR) is 82.1 cm³/mol. The van der Waals surface area contributed by atoms with Crippen molar-refractivity contribution in [2.75, 3.05) is 6.54 Å². The van der Waals surface area contributed by atoms with Gasteiger partial charge in [-0.05, 0) is 31.0 Å². The molecule has 1 atom stereocenters. The summed E-state index contributed by atoms with van der Waals surface area (Å²) in [6.07, 6.45) is 3.89. The molecular formula is C16H19N3O2. The van der Waals surface area contributed by atoms with Crippen molar-refractivity contribution >= 4 is 12.1 Å². The molecule has 0 fully saturated rings. The second-order valence-electron chi connectivity index (χ2n) is 4.78. The number of hydrogen-bond acceptors (Lipinski definition) is 4. The molecule has 0 aliphatic heterocycles. The smallest absolute Gasteiger partial charge is 0.254 e. The van der Waals surface area contributed by atoms with Crippen LogP contribution in [0.5, 0.6) is 0 Å². The summed E-state index contributed by atoms with van der Waals surface area (Å²) in [7, 11) is 0. The van der Waals surface area contributed by atoms with E-state index in [0.29, 0.717) is 5.76 Å². The average Bonchev–Trinajstić information content (AvgIpc) is 2.99. The molecule has 0 aliphatic rings. The largest absolute Gasteiger partial charge is 0.463 e. The van der Waals surface area contributed by atoms with Gasteiger partial charge in [-0.25, -0.2) is 5.43 Å². The molecule has 1 amide bonds. The first-order chi connectivity index (χ1) is 10.2. The number of carbonyl (C=O) groups is 1. The lowest BCUT2D eigenvalue weighted by atomic mass is 10.1. The molecule has 0 radical (unpaired) electrons. The molecular weight excluding hydrogens is 266 g/mol. The van der Waals surface area contributed by atoms with Gasteiger partial charge in [-0.1, -0.05) is 30.3 Å². The summed E-state index contributed by atoms with van der Waals surface area (Å²) in [5, 5.41) is 6.98. The van der Waals surface area contributed by atoms with Gasteiger partial charge in [0, 0.05) is 6.04 Å². The van der Waals surface area contributed by atoms with Crippen LogP contribution in [0.1, 0.15) is 18.2 Å². The lowest BCUT2D eigenvalue weighted by Crippen LogP contribution is -2.37. The van der Waals surface area contributed by atoms with E-state index in [1.807, 2.05) is 25.1 Å². The van der Waals surface area contributed by atoms with E-state index < -0.39 is 0 Å². The van der Waals surface area contributed by atoms with Gasteiger partial charge in [-0.3, -0.25) is 4.79 Å². The van der Waals surface area contributed by atoms with Crippen molar-refractivity contribution in [3.05, 3.63) is 60.1 Å². The molecule has 110 valence electrons. The zero-order valence-corrected chi connectivity index (χ0v) is 12.0. The third-order valence-corrected chi connectivity index (χ3v) is 2.92. The first-order valence-electron chi connectivity index (χ1n) is 6.87. The highest BCUT2D eigenvalue weighted by Crippen LogP contribution is 2.02. The quantitative estimate of drug-likeness (QED) is 0.603. The molecule has 2 N–H and O–H groups in total. The first-order valence-corrected chi connectivity index (χ1v) is 6.87. The second kappa shape index (κ2) is 8.01. The van der Waals surface area contributed by atoms with Crippen molar-refractivity contribution in [2.45, 2.75) is 19.4 Å². The average molecular weight is 285 g/mol. The van der Waals surface area contributed by atoms with Gasteiger partial charge >= 0.3 is 0 Å². The Hall–Kier alpha value is -2.40. The van der Waals surface area contributed by atoms with Crippen LogP contribution < -0.4 is 10.7 Å². The molecule has 0 saturated carbocycles. The lowest BCUT2D eigenvalue weighted by Gasteiger charge is -2.12. The Kier molecular flexibility index (Phi) is 5.72. The van der Waals surface area contributed by atoms with Crippen LogP contribution in [-0.2, 0) is 11.2 Å². The van der Waals surface area contributed by atoms with Crippen LogP contribution in [0.3, 0.4) is 0 Å². The number of hydrazone groups is 1. The molecule has 5 nitrogen and oxygen atoms in total. The topological polar surface area (TPSA) is 66.6 Å². The Labute approximate surface area is 124 Å². The molecule has 1 aromatic carbocycles. The van der Waals surface area contributed by atoms with Crippen LogP contribution in [-0.4, -0.2) is 24.7 Å². The maximum absolute atomic E-state index is 11.6. The molecule has 1 unspecified atom stereocenters. The van der Waals surface area contributed by atoms with Crippen molar-refractivity contribution in [3.63, 3.8) is 0 Å². The highest BCUT2D eigenvalue weighted by molar-refractivity contribution is 5.81. The number of hydrogen-bond donors (Lipinski definition) is 2. The van der Waals surface area contributed by atoms with Crippen LogP contribution >= 0.6 is 0 Å².